The fourth-order valence-corrected chi connectivity index (χ4v) is 2.18. The minimum absolute atomic E-state index is 0.331. The summed E-state index contributed by atoms with van der Waals surface area (Å²) in [5.41, 5.74) is 1.65. The highest BCUT2D eigenvalue weighted by Gasteiger charge is 2.12. The van der Waals surface area contributed by atoms with E-state index < -0.39 is 5.82 Å². The van der Waals surface area contributed by atoms with E-state index in [0.717, 1.165) is 18.4 Å². The molecule has 0 aliphatic rings. The van der Waals surface area contributed by atoms with E-state index in [0.29, 0.717) is 29.4 Å². The molecule has 0 fully saturated rings. The van der Waals surface area contributed by atoms with Gasteiger partial charge in [0.25, 0.3) is 5.91 Å². The van der Waals surface area contributed by atoms with Gasteiger partial charge in [-0.2, -0.15) is 0 Å². The van der Waals surface area contributed by atoms with Gasteiger partial charge in [-0.15, -0.1) is 0 Å². The molecule has 0 heterocycles. The first-order chi connectivity index (χ1) is 11.5. The van der Waals surface area contributed by atoms with Gasteiger partial charge in [-0.05, 0) is 49.2 Å². The molecule has 0 atom stereocenters. The zero-order chi connectivity index (χ0) is 17.5. The predicted molar refractivity (Wildman–Crippen MR) is 92.5 cm³/mol. The fraction of sp³-hybridized carbons (Fsp3) is 0.316. The average Bonchev–Trinajstić information content (AvgIpc) is 2.58. The first-order valence-electron chi connectivity index (χ1n) is 7.93. The third kappa shape index (κ3) is 4.47. The summed E-state index contributed by atoms with van der Waals surface area (Å²) < 4.78 is 24.3. The molecule has 24 heavy (non-hydrogen) atoms. The first kappa shape index (κ1) is 17.8. The van der Waals surface area contributed by atoms with Gasteiger partial charge in [0, 0.05) is 11.3 Å². The van der Waals surface area contributed by atoms with Crippen LogP contribution in [0.1, 0.15) is 35.7 Å². The molecule has 0 unspecified atom stereocenters. The lowest BCUT2D eigenvalue weighted by molar-refractivity contribution is 0.102. The van der Waals surface area contributed by atoms with E-state index in [1.54, 1.807) is 31.2 Å². The van der Waals surface area contributed by atoms with Crippen LogP contribution in [-0.4, -0.2) is 19.6 Å². The number of rotatable bonds is 7. The van der Waals surface area contributed by atoms with Gasteiger partial charge in [0.2, 0.25) is 0 Å². The number of benzene rings is 2. The van der Waals surface area contributed by atoms with Crippen LogP contribution in [0.2, 0.25) is 0 Å². The number of hydrogen-bond acceptors (Lipinski definition) is 3. The first-order valence-corrected chi connectivity index (χ1v) is 7.93. The Morgan fingerprint density at radius 3 is 2.67 bits per heavy atom. The van der Waals surface area contributed by atoms with Gasteiger partial charge >= 0.3 is 0 Å². The van der Waals surface area contributed by atoms with Crippen molar-refractivity contribution >= 4 is 11.6 Å². The molecule has 1 amide bonds. The lowest BCUT2D eigenvalue weighted by Gasteiger charge is -2.13. The Balaban J connectivity index is 2.16. The molecular weight excluding hydrogens is 309 g/mol. The fourth-order valence-electron chi connectivity index (χ4n) is 2.18. The number of ether oxygens (including phenoxy) is 2. The number of aryl methyl sites for hydroxylation is 1. The molecule has 0 saturated carbocycles. The second-order valence-corrected chi connectivity index (χ2v) is 5.48. The van der Waals surface area contributed by atoms with Crippen LogP contribution in [0.5, 0.6) is 11.5 Å². The molecule has 0 aliphatic carbocycles. The van der Waals surface area contributed by atoms with Crippen LogP contribution in [0, 0.1) is 12.7 Å². The zero-order valence-electron chi connectivity index (χ0n) is 14.2. The van der Waals surface area contributed by atoms with Crippen molar-refractivity contribution < 1.29 is 18.7 Å². The van der Waals surface area contributed by atoms with Gasteiger partial charge in [-0.3, -0.25) is 4.79 Å². The summed E-state index contributed by atoms with van der Waals surface area (Å²) >= 11 is 0. The number of unbranched alkanes of at least 4 members (excludes halogenated alkanes) is 1. The van der Waals surface area contributed by atoms with Crippen LogP contribution in [0.25, 0.3) is 0 Å². The lowest BCUT2D eigenvalue weighted by atomic mass is 10.1. The highest BCUT2D eigenvalue weighted by Crippen LogP contribution is 2.29. The van der Waals surface area contributed by atoms with Crippen LogP contribution in [0.3, 0.4) is 0 Å². The van der Waals surface area contributed by atoms with Gasteiger partial charge in [-0.1, -0.05) is 19.4 Å². The molecule has 5 heteroatoms. The summed E-state index contributed by atoms with van der Waals surface area (Å²) in [5, 5.41) is 2.72. The van der Waals surface area contributed by atoms with Crippen molar-refractivity contribution in [2.75, 3.05) is 19.0 Å². The Hall–Kier alpha value is -2.56. The van der Waals surface area contributed by atoms with Crippen LogP contribution < -0.4 is 14.8 Å². The Bertz CT molecular complexity index is 716. The monoisotopic (exact) mass is 331 g/mol. The van der Waals surface area contributed by atoms with Crippen LogP contribution in [0.4, 0.5) is 10.1 Å². The summed E-state index contributed by atoms with van der Waals surface area (Å²) in [6.45, 7) is 4.49. The van der Waals surface area contributed by atoms with E-state index in [4.69, 9.17) is 9.47 Å². The molecule has 2 aromatic carbocycles. The van der Waals surface area contributed by atoms with Crippen LogP contribution in [0.15, 0.2) is 36.4 Å². The van der Waals surface area contributed by atoms with Crippen molar-refractivity contribution in [3.8, 4) is 11.5 Å². The van der Waals surface area contributed by atoms with E-state index in [1.807, 2.05) is 0 Å². The molecule has 4 nitrogen and oxygen atoms in total. The lowest BCUT2D eigenvalue weighted by Crippen LogP contribution is -2.13. The number of carbonyl (C=O) groups is 1. The largest absolute Gasteiger partial charge is 0.493 e. The molecule has 0 aliphatic heterocycles. The highest BCUT2D eigenvalue weighted by atomic mass is 19.1. The van der Waals surface area contributed by atoms with Gasteiger partial charge < -0.3 is 14.8 Å². The van der Waals surface area contributed by atoms with Gasteiger partial charge in [0.05, 0.1) is 13.7 Å². The molecule has 0 spiro atoms. The number of methoxy groups -OCH3 is 1. The summed E-state index contributed by atoms with van der Waals surface area (Å²) in [4.78, 5) is 12.4. The maximum absolute atomic E-state index is 13.3. The summed E-state index contributed by atoms with van der Waals surface area (Å²) in [5.74, 6) is 0.370. The van der Waals surface area contributed by atoms with Crippen molar-refractivity contribution in [2.24, 2.45) is 0 Å². The SMILES string of the molecule is CCCCOc1ccc(C(=O)Nc2cc(F)ccc2C)cc1OC. The second-order valence-electron chi connectivity index (χ2n) is 5.48. The van der Waals surface area contributed by atoms with E-state index in [9.17, 15) is 9.18 Å². The van der Waals surface area contributed by atoms with E-state index in [1.165, 1.54) is 19.2 Å². The normalized spacial score (nSPS) is 10.3. The van der Waals surface area contributed by atoms with Crippen molar-refractivity contribution in [2.45, 2.75) is 26.7 Å². The van der Waals surface area contributed by atoms with Gasteiger partial charge in [0.1, 0.15) is 5.82 Å². The molecule has 0 radical (unpaired) electrons. The quantitative estimate of drug-likeness (QED) is 0.756. The Kier molecular flexibility index (Phi) is 6.18. The van der Waals surface area contributed by atoms with E-state index >= 15 is 0 Å². The average molecular weight is 331 g/mol. The minimum atomic E-state index is -0.395. The second kappa shape index (κ2) is 8.34. The Morgan fingerprint density at radius 1 is 1.17 bits per heavy atom. The third-order valence-corrected chi connectivity index (χ3v) is 3.63. The van der Waals surface area contributed by atoms with Crippen molar-refractivity contribution in [1.82, 2.24) is 0 Å². The molecule has 2 aromatic rings. The zero-order valence-corrected chi connectivity index (χ0v) is 14.2. The number of hydrogen-bond donors (Lipinski definition) is 1. The van der Waals surface area contributed by atoms with E-state index in [-0.39, 0.29) is 5.91 Å². The number of nitrogens with one attached hydrogen (secondary N) is 1. The van der Waals surface area contributed by atoms with Gasteiger partial charge in [-0.25, -0.2) is 4.39 Å². The molecule has 0 bridgehead atoms. The summed E-state index contributed by atoms with van der Waals surface area (Å²) in [7, 11) is 1.53. The summed E-state index contributed by atoms with van der Waals surface area (Å²) in [6, 6.07) is 9.26. The number of halogens is 1. The maximum Gasteiger partial charge on any atom is 0.255 e. The molecular formula is C19H22FNO3. The van der Waals surface area contributed by atoms with Crippen molar-refractivity contribution in [3.63, 3.8) is 0 Å². The van der Waals surface area contributed by atoms with Crippen molar-refractivity contribution in [3.05, 3.63) is 53.3 Å². The number of carbonyl (C=O) groups excluding carboxylic acids is 1. The minimum Gasteiger partial charge on any atom is -0.493 e. The topological polar surface area (TPSA) is 47.6 Å². The molecule has 0 aromatic heterocycles. The predicted octanol–water partition coefficient (Wildman–Crippen LogP) is 4.57. The molecule has 0 saturated heterocycles. The molecule has 2 rings (SSSR count). The van der Waals surface area contributed by atoms with Gasteiger partial charge in [0.15, 0.2) is 11.5 Å². The number of anilines is 1. The standard InChI is InChI=1S/C19H22FNO3/c1-4-5-10-24-17-9-7-14(11-18(17)23-3)19(22)21-16-12-15(20)8-6-13(16)2/h6-9,11-12H,4-5,10H2,1-3H3,(H,21,22). The maximum atomic E-state index is 13.3. The summed E-state index contributed by atoms with van der Waals surface area (Å²) in [6.07, 6.45) is 1.99. The third-order valence-electron chi connectivity index (χ3n) is 3.63. The van der Waals surface area contributed by atoms with Crippen molar-refractivity contribution in [1.29, 1.82) is 0 Å². The van der Waals surface area contributed by atoms with E-state index in [2.05, 4.69) is 12.2 Å². The highest BCUT2D eigenvalue weighted by molar-refractivity contribution is 6.05. The smallest absolute Gasteiger partial charge is 0.255 e. The Morgan fingerprint density at radius 2 is 1.96 bits per heavy atom. The number of amides is 1. The van der Waals surface area contributed by atoms with Crippen LogP contribution >= 0.6 is 0 Å². The molecule has 128 valence electrons. The molecule has 1 N–H and O–H groups in total. The van der Waals surface area contributed by atoms with Crippen LogP contribution in [-0.2, 0) is 0 Å². The Labute approximate surface area is 141 Å².